The van der Waals surface area contributed by atoms with Crippen molar-refractivity contribution in [3.05, 3.63) is 64.1 Å². The van der Waals surface area contributed by atoms with Gasteiger partial charge in [-0.3, -0.25) is 9.10 Å². The Morgan fingerprint density at radius 3 is 2.39 bits per heavy atom. The minimum absolute atomic E-state index is 0.106. The fraction of sp³-hybridized carbons (Fsp3) is 0.350. The fourth-order valence-corrected chi connectivity index (χ4v) is 4.01. The lowest BCUT2D eigenvalue weighted by atomic mass is 10.0. The topological polar surface area (TPSA) is 66.5 Å². The number of nitrogens with zero attached hydrogens (tertiary/aromatic N) is 1. The lowest BCUT2D eigenvalue weighted by molar-refractivity contribution is -0.121. The van der Waals surface area contributed by atoms with E-state index in [-0.39, 0.29) is 29.8 Å². The van der Waals surface area contributed by atoms with E-state index in [1.54, 1.807) is 12.1 Å². The molecule has 1 amide bonds. The first-order valence-electron chi connectivity index (χ1n) is 8.93. The van der Waals surface area contributed by atoms with E-state index in [1.165, 1.54) is 10.4 Å². The highest BCUT2D eigenvalue weighted by atomic mass is 35.5. The van der Waals surface area contributed by atoms with Crippen LogP contribution >= 0.6 is 23.2 Å². The molecule has 0 bridgehead atoms. The van der Waals surface area contributed by atoms with Crippen molar-refractivity contribution in [2.24, 2.45) is 0 Å². The number of anilines is 1. The molecule has 2 aromatic carbocycles. The molecule has 1 atom stereocenters. The summed E-state index contributed by atoms with van der Waals surface area (Å²) in [6, 6.07) is 14.6. The number of sulfonamides is 1. The summed E-state index contributed by atoms with van der Waals surface area (Å²) < 4.78 is 25.5. The van der Waals surface area contributed by atoms with Crippen LogP contribution in [-0.4, -0.2) is 33.7 Å². The van der Waals surface area contributed by atoms with Crippen molar-refractivity contribution in [3.8, 4) is 0 Å². The number of hydrogen-bond donors (Lipinski definition) is 1. The Balaban J connectivity index is 1.88. The average Bonchev–Trinajstić information content (AvgIpc) is 2.65. The molecule has 2 aromatic rings. The van der Waals surface area contributed by atoms with E-state index >= 15 is 0 Å². The van der Waals surface area contributed by atoms with Gasteiger partial charge in [-0.25, -0.2) is 8.42 Å². The summed E-state index contributed by atoms with van der Waals surface area (Å²) in [6.45, 7) is 2.76. The molecule has 0 radical (unpaired) electrons. The largest absolute Gasteiger partial charge is 0.356 e. The van der Waals surface area contributed by atoms with Crippen LogP contribution in [0.5, 0.6) is 0 Å². The minimum Gasteiger partial charge on any atom is -0.356 e. The summed E-state index contributed by atoms with van der Waals surface area (Å²) in [5.74, 6) is 0.0965. The second kappa shape index (κ2) is 10.1. The van der Waals surface area contributed by atoms with E-state index in [0.29, 0.717) is 23.7 Å². The van der Waals surface area contributed by atoms with Crippen LogP contribution in [0.25, 0.3) is 0 Å². The van der Waals surface area contributed by atoms with Gasteiger partial charge in [0.15, 0.2) is 0 Å². The van der Waals surface area contributed by atoms with Gasteiger partial charge in [0, 0.05) is 19.5 Å². The smallest absolute Gasteiger partial charge is 0.232 e. The van der Waals surface area contributed by atoms with E-state index in [0.717, 1.165) is 11.8 Å². The highest BCUT2D eigenvalue weighted by Gasteiger charge is 2.18. The second-order valence-electron chi connectivity index (χ2n) is 6.65. The average molecular weight is 443 g/mol. The molecule has 152 valence electrons. The summed E-state index contributed by atoms with van der Waals surface area (Å²) in [5, 5.41) is 3.54. The molecular weight excluding hydrogens is 419 g/mol. The van der Waals surface area contributed by atoms with E-state index in [1.807, 2.05) is 37.3 Å². The van der Waals surface area contributed by atoms with Crippen molar-refractivity contribution in [1.82, 2.24) is 5.32 Å². The molecule has 1 N–H and O–H groups in total. The van der Waals surface area contributed by atoms with Gasteiger partial charge in [0.05, 0.1) is 22.0 Å². The summed E-state index contributed by atoms with van der Waals surface area (Å²) in [5.41, 5.74) is 1.58. The van der Waals surface area contributed by atoms with Gasteiger partial charge in [0.25, 0.3) is 0 Å². The molecule has 0 heterocycles. The van der Waals surface area contributed by atoms with Gasteiger partial charge in [-0.1, -0.05) is 60.5 Å². The van der Waals surface area contributed by atoms with E-state index in [9.17, 15) is 13.2 Å². The van der Waals surface area contributed by atoms with Crippen LogP contribution in [0.1, 0.15) is 31.2 Å². The number of hydrogen-bond acceptors (Lipinski definition) is 3. The Labute approximate surface area is 176 Å². The number of benzene rings is 2. The predicted octanol–water partition coefficient (Wildman–Crippen LogP) is 4.46. The van der Waals surface area contributed by atoms with Crippen molar-refractivity contribution < 1.29 is 13.2 Å². The lowest BCUT2D eigenvalue weighted by Gasteiger charge is -2.22. The number of amides is 1. The van der Waals surface area contributed by atoms with Crippen LogP contribution in [0.3, 0.4) is 0 Å². The van der Waals surface area contributed by atoms with Crippen LogP contribution < -0.4 is 9.62 Å². The SMILES string of the molecule is C[C@H](CNC(=O)CCCN(c1ccc(Cl)c(Cl)c1)S(C)(=O)=O)c1ccccc1. The van der Waals surface area contributed by atoms with Gasteiger partial charge in [0.1, 0.15) is 0 Å². The number of rotatable bonds is 9. The first-order valence-corrected chi connectivity index (χ1v) is 11.5. The highest BCUT2D eigenvalue weighted by molar-refractivity contribution is 7.92. The molecule has 0 aliphatic heterocycles. The number of nitrogens with one attached hydrogen (secondary N) is 1. The van der Waals surface area contributed by atoms with Gasteiger partial charge in [0.2, 0.25) is 15.9 Å². The van der Waals surface area contributed by atoms with Gasteiger partial charge in [-0.05, 0) is 36.1 Å². The van der Waals surface area contributed by atoms with Crippen molar-refractivity contribution >= 4 is 44.8 Å². The summed E-state index contributed by atoms with van der Waals surface area (Å²) in [7, 11) is -3.51. The van der Waals surface area contributed by atoms with Gasteiger partial charge < -0.3 is 5.32 Å². The van der Waals surface area contributed by atoms with Crippen molar-refractivity contribution in [2.45, 2.75) is 25.7 Å². The fourth-order valence-electron chi connectivity index (χ4n) is 2.76. The minimum atomic E-state index is -3.51. The third kappa shape index (κ3) is 6.69. The molecule has 28 heavy (non-hydrogen) atoms. The zero-order chi connectivity index (χ0) is 20.7. The first-order chi connectivity index (χ1) is 13.2. The van der Waals surface area contributed by atoms with Crippen molar-refractivity contribution in [1.29, 1.82) is 0 Å². The monoisotopic (exact) mass is 442 g/mol. The molecule has 0 aliphatic rings. The zero-order valence-corrected chi connectivity index (χ0v) is 18.2. The van der Waals surface area contributed by atoms with E-state index in [2.05, 4.69) is 5.32 Å². The highest BCUT2D eigenvalue weighted by Crippen LogP contribution is 2.28. The first kappa shape index (κ1) is 22.5. The van der Waals surface area contributed by atoms with Crippen LogP contribution in [-0.2, 0) is 14.8 Å². The second-order valence-corrected chi connectivity index (χ2v) is 9.37. The van der Waals surface area contributed by atoms with E-state index in [4.69, 9.17) is 23.2 Å². The van der Waals surface area contributed by atoms with Crippen molar-refractivity contribution in [2.75, 3.05) is 23.7 Å². The van der Waals surface area contributed by atoms with Gasteiger partial charge >= 0.3 is 0 Å². The number of carbonyl (C=O) groups excluding carboxylic acids is 1. The summed E-state index contributed by atoms with van der Waals surface area (Å²) in [6.07, 6.45) is 1.74. The van der Waals surface area contributed by atoms with Crippen LogP contribution in [0.4, 0.5) is 5.69 Å². The lowest BCUT2D eigenvalue weighted by Crippen LogP contribution is -2.32. The normalized spacial score (nSPS) is 12.4. The predicted molar refractivity (Wildman–Crippen MR) is 116 cm³/mol. The van der Waals surface area contributed by atoms with Crippen molar-refractivity contribution in [3.63, 3.8) is 0 Å². The maximum Gasteiger partial charge on any atom is 0.232 e. The van der Waals surface area contributed by atoms with Gasteiger partial charge in [-0.2, -0.15) is 0 Å². The molecule has 0 spiro atoms. The number of halogens is 2. The van der Waals surface area contributed by atoms with Crippen LogP contribution in [0, 0.1) is 0 Å². The molecule has 8 heteroatoms. The molecule has 0 fully saturated rings. The third-order valence-electron chi connectivity index (χ3n) is 4.33. The van der Waals surface area contributed by atoms with Crippen LogP contribution in [0.2, 0.25) is 10.0 Å². The molecule has 0 aliphatic carbocycles. The number of carbonyl (C=O) groups is 1. The molecule has 0 aromatic heterocycles. The molecular formula is C20H24Cl2N2O3S. The Hall–Kier alpha value is -1.76. The molecule has 0 saturated carbocycles. The Morgan fingerprint density at radius 2 is 1.79 bits per heavy atom. The van der Waals surface area contributed by atoms with Gasteiger partial charge in [-0.15, -0.1) is 0 Å². The van der Waals surface area contributed by atoms with E-state index < -0.39 is 10.0 Å². The zero-order valence-electron chi connectivity index (χ0n) is 15.9. The maximum atomic E-state index is 12.1. The Bertz CT molecular complexity index is 905. The molecule has 0 unspecified atom stereocenters. The summed E-state index contributed by atoms with van der Waals surface area (Å²) in [4.78, 5) is 12.1. The maximum absolute atomic E-state index is 12.1. The molecule has 2 rings (SSSR count). The van der Waals surface area contributed by atoms with Crippen LogP contribution in [0.15, 0.2) is 48.5 Å². The Morgan fingerprint density at radius 1 is 1.11 bits per heavy atom. The molecule has 5 nitrogen and oxygen atoms in total. The third-order valence-corrected chi connectivity index (χ3v) is 6.26. The quantitative estimate of drug-likeness (QED) is 0.623. The molecule has 0 saturated heterocycles. The summed E-state index contributed by atoms with van der Waals surface area (Å²) >= 11 is 11.9. The standard InChI is InChI=1S/C20H24Cl2N2O3S/c1-15(16-7-4-3-5-8-16)14-23-20(25)9-6-12-24(28(2,26)27)17-10-11-18(21)19(22)13-17/h3-5,7-8,10-11,13,15H,6,9,12,14H2,1-2H3,(H,23,25)/t15-/m1/s1. The Kier molecular flexibility index (Phi) is 8.16.